The highest BCUT2D eigenvalue weighted by Gasteiger charge is 2.17. The van der Waals surface area contributed by atoms with Gasteiger partial charge in [-0.05, 0) is 105 Å². The van der Waals surface area contributed by atoms with Gasteiger partial charge in [0, 0.05) is 33.2 Å². The van der Waals surface area contributed by atoms with Gasteiger partial charge in [0.05, 0.1) is 22.8 Å². The molecule has 162 valence electrons. The molecule has 7 heterocycles. The zero-order valence-electron chi connectivity index (χ0n) is 17.9. The number of nitrogens with one attached hydrogen (secondary N) is 2. The standard InChI is InChI=1S/C28H18N4S2/c1-2-20-12-22-4-6-24(31-22)14-26-28(18-8-10-34-16-18)27(17-7-9-33-15-17)25(32-26)13-23-5-3-21(30-23)11-19(1)29-20/h1-16,29,32H. The topological polar surface area (TPSA) is 57.4 Å². The van der Waals surface area contributed by atoms with Gasteiger partial charge in [-0.25, -0.2) is 9.97 Å². The Balaban J connectivity index is 1.64. The molecule has 0 spiro atoms. The first-order valence-electron chi connectivity index (χ1n) is 11.0. The smallest absolute Gasteiger partial charge is 0.0658 e. The molecule has 0 atom stereocenters. The molecule has 0 saturated heterocycles. The summed E-state index contributed by atoms with van der Waals surface area (Å²) in [5, 5.41) is 8.66. The van der Waals surface area contributed by atoms with E-state index in [0.717, 1.165) is 44.8 Å². The highest BCUT2D eigenvalue weighted by molar-refractivity contribution is 7.08. The monoisotopic (exact) mass is 474 g/mol. The lowest BCUT2D eigenvalue weighted by Crippen LogP contribution is -1.78. The van der Waals surface area contributed by atoms with Crippen molar-refractivity contribution < 1.29 is 0 Å². The Morgan fingerprint density at radius 3 is 1.44 bits per heavy atom. The van der Waals surface area contributed by atoms with Gasteiger partial charge < -0.3 is 9.97 Å². The molecule has 2 N–H and O–H groups in total. The van der Waals surface area contributed by atoms with Crippen LogP contribution in [0.3, 0.4) is 0 Å². The highest BCUT2D eigenvalue weighted by Crippen LogP contribution is 2.41. The number of aromatic amines is 2. The minimum absolute atomic E-state index is 0.923. The Kier molecular flexibility index (Phi) is 4.46. The zero-order chi connectivity index (χ0) is 22.5. The van der Waals surface area contributed by atoms with E-state index in [-0.39, 0.29) is 0 Å². The van der Waals surface area contributed by atoms with Gasteiger partial charge in [0.15, 0.2) is 0 Å². The lowest BCUT2D eigenvalue weighted by Gasteiger charge is -2.02. The van der Waals surface area contributed by atoms with Crippen LogP contribution >= 0.6 is 22.7 Å². The molecule has 0 fully saturated rings. The third-order valence-electron chi connectivity index (χ3n) is 5.97. The molecule has 0 aliphatic carbocycles. The van der Waals surface area contributed by atoms with Crippen molar-refractivity contribution in [1.29, 1.82) is 0 Å². The fourth-order valence-electron chi connectivity index (χ4n) is 4.49. The molecule has 2 aliphatic rings. The summed E-state index contributed by atoms with van der Waals surface area (Å²) < 4.78 is 0. The highest BCUT2D eigenvalue weighted by atomic mass is 32.1. The average molecular weight is 475 g/mol. The van der Waals surface area contributed by atoms with Crippen LogP contribution in [0, 0.1) is 0 Å². The van der Waals surface area contributed by atoms with E-state index in [9.17, 15) is 0 Å². The molecular formula is C28H18N4S2. The first-order valence-corrected chi connectivity index (χ1v) is 12.8. The van der Waals surface area contributed by atoms with Crippen LogP contribution in [0.5, 0.6) is 0 Å². The number of hydrogen-bond donors (Lipinski definition) is 2. The van der Waals surface area contributed by atoms with Crippen molar-refractivity contribution in [2.75, 3.05) is 0 Å². The van der Waals surface area contributed by atoms with Gasteiger partial charge in [-0.3, -0.25) is 0 Å². The maximum absolute atomic E-state index is 4.85. The van der Waals surface area contributed by atoms with Crippen LogP contribution in [0.2, 0.25) is 0 Å². The third kappa shape index (κ3) is 3.44. The second-order valence-electron chi connectivity index (χ2n) is 8.26. The maximum atomic E-state index is 4.85. The van der Waals surface area contributed by atoms with E-state index in [1.165, 1.54) is 22.3 Å². The molecule has 2 aliphatic heterocycles. The summed E-state index contributed by atoms with van der Waals surface area (Å²) in [6.07, 6.45) is 8.24. The van der Waals surface area contributed by atoms with Crippen LogP contribution in [0.4, 0.5) is 0 Å². The summed E-state index contributed by atoms with van der Waals surface area (Å²) in [4.78, 5) is 16.8. The van der Waals surface area contributed by atoms with Gasteiger partial charge in [0.1, 0.15) is 0 Å². The summed E-state index contributed by atoms with van der Waals surface area (Å²) in [5.74, 6) is 0. The Hall–Kier alpha value is -4.00. The number of hydrogen-bond acceptors (Lipinski definition) is 4. The van der Waals surface area contributed by atoms with E-state index in [1.54, 1.807) is 22.7 Å². The number of thiophene rings is 2. The first kappa shape index (κ1) is 19.5. The van der Waals surface area contributed by atoms with E-state index in [2.05, 4.69) is 104 Å². The molecule has 0 amide bonds. The molecule has 0 saturated carbocycles. The van der Waals surface area contributed by atoms with Crippen molar-refractivity contribution in [2.24, 2.45) is 0 Å². The lowest BCUT2D eigenvalue weighted by atomic mass is 10.00. The minimum atomic E-state index is 0.923. The van der Waals surface area contributed by atoms with E-state index in [4.69, 9.17) is 9.97 Å². The van der Waals surface area contributed by atoms with Gasteiger partial charge in [0.2, 0.25) is 0 Å². The predicted molar refractivity (Wildman–Crippen MR) is 145 cm³/mol. The van der Waals surface area contributed by atoms with Gasteiger partial charge in [0.25, 0.3) is 0 Å². The van der Waals surface area contributed by atoms with Gasteiger partial charge in [-0.2, -0.15) is 22.7 Å². The fraction of sp³-hybridized carbons (Fsp3) is 0. The van der Waals surface area contributed by atoms with Crippen molar-refractivity contribution in [3.05, 3.63) is 92.8 Å². The summed E-state index contributed by atoms with van der Waals surface area (Å²) in [5.41, 5.74) is 12.6. The molecule has 5 aromatic rings. The van der Waals surface area contributed by atoms with Crippen molar-refractivity contribution in [1.82, 2.24) is 19.9 Å². The van der Waals surface area contributed by atoms with E-state index in [1.807, 2.05) is 0 Å². The van der Waals surface area contributed by atoms with Crippen molar-refractivity contribution in [3.8, 4) is 22.3 Å². The average Bonchev–Trinajstić information content (AvgIpc) is 3.65. The van der Waals surface area contributed by atoms with Crippen LogP contribution in [0.15, 0.2) is 70.1 Å². The van der Waals surface area contributed by atoms with Crippen molar-refractivity contribution in [3.63, 3.8) is 0 Å². The molecule has 34 heavy (non-hydrogen) atoms. The summed E-state index contributed by atoms with van der Waals surface area (Å²) in [6, 6.07) is 16.9. The van der Waals surface area contributed by atoms with E-state index in [0.29, 0.717) is 0 Å². The van der Waals surface area contributed by atoms with E-state index >= 15 is 0 Å². The molecule has 4 nitrogen and oxygen atoms in total. The van der Waals surface area contributed by atoms with Crippen LogP contribution in [-0.2, 0) is 0 Å². The molecule has 8 bridgehead atoms. The molecule has 7 rings (SSSR count). The second kappa shape index (κ2) is 7.80. The largest absolute Gasteiger partial charge is 0.355 e. The number of aromatic nitrogens is 4. The molecule has 0 radical (unpaired) electrons. The first-order chi connectivity index (χ1) is 16.8. The summed E-state index contributed by atoms with van der Waals surface area (Å²) in [6.45, 7) is 0. The van der Waals surface area contributed by atoms with Gasteiger partial charge >= 0.3 is 0 Å². The SMILES string of the molecule is C1=Cc2cc3[nH]c(cc4nc(cc5ccc(cc1n2)[nH]5)C=C4)c(-c1ccsc1)c3-c1ccsc1. The summed E-state index contributed by atoms with van der Waals surface area (Å²) in [7, 11) is 0. The second-order valence-corrected chi connectivity index (χ2v) is 9.82. The van der Waals surface area contributed by atoms with Crippen molar-refractivity contribution in [2.45, 2.75) is 0 Å². The molecule has 5 aromatic heterocycles. The third-order valence-corrected chi connectivity index (χ3v) is 7.33. The van der Waals surface area contributed by atoms with Crippen LogP contribution in [-0.4, -0.2) is 19.9 Å². The Bertz CT molecular complexity index is 1620. The molecular weight excluding hydrogens is 456 g/mol. The van der Waals surface area contributed by atoms with Gasteiger partial charge in [-0.15, -0.1) is 0 Å². The van der Waals surface area contributed by atoms with Crippen LogP contribution in [0.25, 0.3) is 68.6 Å². The molecule has 0 aromatic carbocycles. The quantitative estimate of drug-likeness (QED) is 0.266. The minimum Gasteiger partial charge on any atom is -0.355 e. The van der Waals surface area contributed by atoms with Crippen LogP contribution in [0.1, 0.15) is 22.8 Å². The maximum Gasteiger partial charge on any atom is 0.0658 e. The number of rotatable bonds is 2. The zero-order valence-corrected chi connectivity index (χ0v) is 19.6. The van der Waals surface area contributed by atoms with Gasteiger partial charge in [-0.1, -0.05) is 0 Å². The Labute approximate surface area is 203 Å². The normalized spacial score (nSPS) is 12.5. The fourth-order valence-corrected chi connectivity index (χ4v) is 5.79. The summed E-state index contributed by atoms with van der Waals surface area (Å²) >= 11 is 3.42. The Morgan fingerprint density at radius 1 is 0.529 bits per heavy atom. The molecule has 6 heteroatoms. The Morgan fingerprint density at radius 2 is 1.00 bits per heavy atom. The number of nitrogens with zero attached hydrogens (tertiary/aromatic N) is 2. The van der Waals surface area contributed by atoms with Crippen molar-refractivity contribution >= 4 is 69.0 Å². The van der Waals surface area contributed by atoms with Crippen LogP contribution < -0.4 is 0 Å². The molecule has 0 unspecified atom stereocenters. The van der Waals surface area contributed by atoms with E-state index < -0.39 is 0 Å². The number of fused-ring (bicyclic) bond motifs is 8. The lowest BCUT2D eigenvalue weighted by molar-refractivity contribution is 1.31. The predicted octanol–water partition coefficient (Wildman–Crippen LogP) is 8.11. The number of H-pyrrole nitrogens is 2.